The normalized spacial score (nSPS) is 18.9. The Balaban J connectivity index is 2.11. The molecule has 0 atom stereocenters. The van der Waals surface area contributed by atoms with E-state index in [9.17, 15) is 22.0 Å². The van der Waals surface area contributed by atoms with Crippen molar-refractivity contribution < 1.29 is 35.8 Å². The van der Waals surface area contributed by atoms with Gasteiger partial charge in [0.2, 0.25) is 0 Å². The van der Waals surface area contributed by atoms with Crippen molar-refractivity contribution in [1.82, 2.24) is 0 Å². The molecule has 3 rings (SSSR count). The van der Waals surface area contributed by atoms with Crippen molar-refractivity contribution in [2.45, 2.75) is 12.2 Å². The fourth-order valence-corrected chi connectivity index (χ4v) is 1.71. The molecule has 0 bridgehead atoms. The molecule has 2 heterocycles. The predicted octanol–water partition coefficient (Wildman–Crippen LogP) is 4.04. The van der Waals surface area contributed by atoms with Crippen LogP contribution in [0.15, 0.2) is 34.9 Å². The van der Waals surface area contributed by atoms with E-state index >= 15 is 0 Å². The van der Waals surface area contributed by atoms with Gasteiger partial charge in [0.15, 0.2) is 11.5 Å². The Morgan fingerprint density at radius 3 is 2.05 bits per heavy atom. The zero-order valence-electron chi connectivity index (χ0n) is 9.50. The van der Waals surface area contributed by atoms with Crippen LogP contribution < -0.4 is 9.47 Å². The first-order valence-corrected chi connectivity index (χ1v) is 5.31. The number of hydrogen-bond donors (Lipinski definition) is 0. The van der Waals surface area contributed by atoms with Crippen molar-refractivity contribution in [3.63, 3.8) is 0 Å². The second kappa shape index (κ2) is 3.87. The molecule has 1 aromatic carbocycles. The van der Waals surface area contributed by atoms with Crippen LogP contribution in [0.1, 0.15) is 0 Å². The summed E-state index contributed by atoms with van der Waals surface area (Å²) in [7, 11) is 0. The maximum Gasteiger partial charge on any atom is 0.507 e. The highest BCUT2D eigenvalue weighted by Gasteiger charge is 2.66. The van der Waals surface area contributed by atoms with Crippen LogP contribution in [0.5, 0.6) is 11.5 Å². The number of furan rings is 1. The van der Waals surface area contributed by atoms with Gasteiger partial charge in [0, 0.05) is 6.07 Å². The second-order valence-corrected chi connectivity index (χ2v) is 3.99. The minimum Gasteiger partial charge on any atom is -0.464 e. The molecule has 0 aliphatic carbocycles. The molecule has 0 saturated carbocycles. The molecule has 20 heavy (non-hydrogen) atoms. The summed E-state index contributed by atoms with van der Waals surface area (Å²) < 4.78 is 78.3. The van der Waals surface area contributed by atoms with Gasteiger partial charge >= 0.3 is 12.2 Å². The summed E-state index contributed by atoms with van der Waals surface area (Å²) in [6, 6.07) is 4.18. The van der Waals surface area contributed by atoms with Crippen LogP contribution >= 0.6 is 0 Å². The van der Waals surface area contributed by atoms with Crippen molar-refractivity contribution in [3.05, 3.63) is 36.3 Å². The summed E-state index contributed by atoms with van der Waals surface area (Å²) in [4.78, 5) is 0. The Kier molecular flexibility index (Phi) is 2.47. The van der Waals surface area contributed by atoms with Gasteiger partial charge in [-0.25, -0.2) is 4.39 Å². The third-order valence-corrected chi connectivity index (χ3v) is 2.64. The molecule has 0 radical (unpaired) electrons. The zero-order chi connectivity index (χ0) is 14.5. The Bertz CT molecular complexity index is 651. The lowest BCUT2D eigenvalue weighted by atomic mass is 10.1. The maximum atomic E-state index is 13.8. The van der Waals surface area contributed by atoms with Gasteiger partial charge in [0.25, 0.3) is 0 Å². The zero-order valence-corrected chi connectivity index (χ0v) is 9.50. The Morgan fingerprint density at radius 1 is 0.900 bits per heavy atom. The SMILES string of the molecule is Fc1cc2c(cc1-c1ccco1)OC(F)(F)C(F)(F)O2. The minimum absolute atomic E-state index is 0.0366. The first-order chi connectivity index (χ1) is 9.30. The van der Waals surface area contributed by atoms with Crippen molar-refractivity contribution in [2.24, 2.45) is 0 Å². The van der Waals surface area contributed by atoms with Crippen LogP contribution in [-0.2, 0) is 0 Å². The van der Waals surface area contributed by atoms with Crippen LogP contribution in [0, 0.1) is 5.82 Å². The van der Waals surface area contributed by atoms with Gasteiger partial charge in [-0.3, -0.25) is 0 Å². The van der Waals surface area contributed by atoms with E-state index in [1.54, 1.807) is 0 Å². The van der Waals surface area contributed by atoms with Gasteiger partial charge in [-0.1, -0.05) is 0 Å². The van der Waals surface area contributed by atoms with Crippen LogP contribution in [0.3, 0.4) is 0 Å². The topological polar surface area (TPSA) is 31.6 Å². The number of halogens is 5. The number of hydrogen-bond acceptors (Lipinski definition) is 3. The number of fused-ring (bicyclic) bond motifs is 1. The van der Waals surface area contributed by atoms with E-state index in [0.29, 0.717) is 6.07 Å². The summed E-state index contributed by atoms with van der Waals surface area (Å²) in [5.41, 5.74) is -0.210. The quantitative estimate of drug-likeness (QED) is 0.743. The Hall–Kier alpha value is -2.25. The molecule has 1 aliphatic heterocycles. The summed E-state index contributed by atoms with van der Waals surface area (Å²) in [5.74, 6) is -2.44. The van der Waals surface area contributed by atoms with E-state index in [-0.39, 0.29) is 11.3 Å². The molecule has 0 unspecified atom stereocenters. The lowest BCUT2D eigenvalue weighted by molar-refractivity contribution is -0.391. The summed E-state index contributed by atoms with van der Waals surface area (Å²) in [6.07, 6.45) is -8.48. The van der Waals surface area contributed by atoms with Gasteiger partial charge in [-0.15, -0.1) is 0 Å². The molecular formula is C12H5F5O3. The molecule has 2 aromatic rings. The third kappa shape index (κ3) is 1.79. The number of ether oxygens (including phenoxy) is 2. The maximum absolute atomic E-state index is 13.8. The van der Waals surface area contributed by atoms with Crippen molar-refractivity contribution in [2.75, 3.05) is 0 Å². The number of rotatable bonds is 1. The lowest BCUT2D eigenvalue weighted by Crippen LogP contribution is -2.52. The molecular weight excluding hydrogens is 287 g/mol. The Labute approximate surface area is 108 Å². The molecule has 3 nitrogen and oxygen atoms in total. The van der Waals surface area contributed by atoms with E-state index in [2.05, 4.69) is 9.47 Å². The third-order valence-electron chi connectivity index (χ3n) is 2.64. The van der Waals surface area contributed by atoms with E-state index < -0.39 is 29.5 Å². The standard InChI is InChI=1S/C12H5F5O3/c13-7-5-10-9(4-6(7)8-2-1-3-18-8)19-11(14,15)12(16,17)20-10/h1-5H. The van der Waals surface area contributed by atoms with Gasteiger partial charge in [0.05, 0.1) is 11.8 Å². The van der Waals surface area contributed by atoms with Crippen molar-refractivity contribution in [3.8, 4) is 22.8 Å². The number of alkyl halides is 4. The summed E-state index contributed by atoms with van der Waals surface area (Å²) in [6.45, 7) is 0. The first kappa shape index (κ1) is 12.8. The van der Waals surface area contributed by atoms with E-state index in [1.807, 2.05) is 0 Å². The first-order valence-electron chi connectivity index (χ1n) is 5.31. The highest BCUT2D eigenvalue weighted by Crippen LogP contribution is 2.48. The summed E-state index contributed by atoms with van der Waals surface area (Å²) >= 11 is 0. The van der Waals surface area contributed by atoms with Gasteiger partial charge in [-0.2, -0.15) is 17.6 Å². The molecule has 0 fully saturated rings. The van der Waals surface area contributed by atoms with Crippen LogP contribution in [-0.4, -0.2) is 12.2 Å². The molecule has 8 heteroatoms. The molecule has 0 amide bonds. The number of benzene rings is 1. The highest BCUT2D eigenvalue weighted by molar-refractivity contribution is 5.64. The van der Waals surface area contributed by atoms with E-state index in [0.717, 1.165) is 6.07 Å². The smallest absolute Gasteiger partial charge is 0.464 e. The minimum atomic E-state index is -4.88. The average molecular weight is 292 g/mol. The highest BCUT2D eigenvalue weighted by atomic mass is 19.3. The van der Waals surface area contributed by atoms with Crippen LogP contribution in [0.25, 0.3) is 11.3 Å². The molecule has 106 valence electrons. The van der Waals surface area contributed by atoms with Gasteiger partial charge in [-0.05, 0) is 18.2 Å². The summed E-state index contributed by atoms with van der Waals surface area (Å²) in [5, 5.41) is 0. The van der Waals surface area contributed by atoms with Gasteiger partial charge < -0.3 is 13.9 Å². The fourth-order valence-electron chi connectivity index (χ4n) is 1.71. The van der Waals surface area contributed by atoms with Crippen molar-refractivity contribution in [1.29, 1.82) is 0 Å². The molecule has 0 saturated heterocycles. The molecule has 0 spiro atoms. The lowest BCUT2D eigenvalue weighted by Gasteiger charge is -2.31. The van der Waals surface area contributed by atoms with Crippen LogP contribution in [0.4, 0.5) is 22.0 Å². The monoisotopic (exact) mass is 292 g/mol. The largest absolute Gasteiger partial charge is 0.507 e. The van der Waals surface area contributed by atoms with Gasteiger partial charge in [0.1, 0.15) is 11.6 Å². The molecule has 1 aromatic heterocycles. The average Bonchev–Trinajstić information content (AvgIpc) is 2.83. The predicted molar refractivity (Wildman–Crippen MR) is 55.3 cm³/mol. The van der Waals surface area contributed by atoms with E-state index in [4.69, 9.17) is 4.42 Å². The van der Waals surface area contributed by atoms with E-state index in [1.165, 1.54) is 18.4 Å². The molecule has 1 aliphatic rings. The molecule has 0 N–H and O–H groups in total. The fraction of sp³-hybridized carbons (Fsp3) is 0.167. The second-order valence-electron chi connectivity index (χ2n) is 3.99. The van der Waals surface area contributed by atoms with Crippen LogP contribution in [0.2, 0.25) is 0 Å². The van der Waals surface area contributed by atoms with Crippen molar-refractivity contribution >= 4 is 0 Å². The Morgan fingerprint density at radius 2 is 1.50 bits per heavy atom.